The number of nitrogens with zero attached hydrogens (tertiary/aromatic N) is 2. The summed E-state index contributed by atoms with van der Waals surface area (Å²) in [5.41, 5.74) is 2.83. The molecule has 1 unspecified atom stereocenters. The van der Waals surface area contributed by atoms with Crippen molar-refractivity contribution in [1.82, 2.24) is 20.2 Å². The summed E-state index contributed by atoms with van der Waals surface area (Å²) in [6.07, 6.45) is -0.144. The molecule has 1 aromatic carbocycles. The normalized spacial score (nSPS) is 18.0. The third kappa shape index (κ3) is 4.81. The van der Waals surface area contributed by atoms with E-state index in [-0.39, 0.29) is 30.7 Å². The van der Waals surface area contributed by atoms with E-state index in [0.717, 1.165) is 29.0 Å². The SMILES string of the molecule is Cc1nc2ccc(CC(=O)N3CCNCC(O)C3)cc2[nH]1.Cl.Cl. The van der Waals surface area contributed by atoms with E-state index < -0.39 is 6.10 Å². The Bertz CT molecular complexity index is 662. The van der Waals surface area contributed by atoms with Crippen molar-refractivity contribution in [2.75, 3.05) is 26.2 Å². The van der Waals surface area contributed by atoms with Crippen LogP contribution in [0.2, 0.25) is 0 Å². The second-order valence-corrected chi connectivity index (χ2v) is 5.55. The third-order valence-electron chi connectivity index (χ3n) is 3.74. The summed E-state index contributed by atoms with van der Waals surface area (Å²) >= 11 is 0. The number of β-amino-alcohol motifs (C(OH)–C–C–N with tert-alkyl or cyclic N) is 1. The molecule has 1 aliphatic heterocycles. The maximum absolute atomic E-state index is 12.4. The maximum Gasteiger partial charge on any atom is 0.227 e. The number of fused-ring (bicyclic) bond motifs is 1. The highest BCUT2D eigenvalue weighted by Gasteiger charge is 2.20. The number of nitrogens with one attached hydrogen (secondary N) is 2. The number of amides is 1. The highest BCUT2D eigenvalue weighted by Crippen LogP contribution is 2.14. The molecule has 1 aliphatic rings. The maximum atomic E-state index is 12.4. The number of aliphatic hydroxyl groups excluding tert-OH is 1. The number of halogens is 2. The number of carbonyl (C=O) groups excluding carboxylic acids is 1. The van der Waals surface area contributed by atoms with E-state index in [1.54, 1.807) is 4.90 Å². The Kier molecular flexibility index (Phi) is 7.28. The fourth-order valence-electron chi connectivity index (χ4n) is 2.70. The Hall–Kier alpha value is -1.34. The number of rotatable bonds is 2. The second kappa shape index (κ2) is 8.49. The fraction of sp³-hybridized carbons (Fsp3) is 0.467. The molecular weight excluding hydrogens is 339 g/mol. The van der Waals surface area contributed by atoms with E-state index >= 15 is 0 Å². The minimum atomic E-state index is -0.491. The molecule has 3 N–H and O–H groups in total. The molecular formula is C15H22Cl2N4O2. The number of imidazole rings is 1. The molecule has 0 saturated carbocycles. The molecule has 0 radical (unpaired) electrons. The number of aryl methyl sites for hydroxylation is 1. The highest BCUT2D eigenvalue weighted by molar-refractivity contribution is 5.85. The molecule has 23 heavy (non-hydrogen) atoms. The van der Waals surface area contributed by atoms with Crippen molar-refractivity contribution >= 4 is 41.8 Å². The molecule has 1 fully saturated rings. The smallest absolute Gasteiger partial charge is 0.227 e. The molecule has 1 atom stereocenters. The largest absolute Gasteiger partial charge is 0.390 e. The van der Waals surface area contributed by atoms with Gasteiger partial charge in [-0.2, -0.15) is 0 Å². The van der Waals surface area contributed by atoms with Gasteiger partial charge in [-0.05, 0) is 24.6 Å². The summed E-state index contributed by atoms with van der Waals surface area (Å²) in [5, 5.41) is 12.9. The molecule has 1 aromatic heterocycles. The molecule has 1 saturated heterocycles. The lowest BCUT2D eigenvalue weighted by Crippen LogP contribution is -2.38. The minimum Gasteiger partial charge on any atom is -0.390 e. The molecule has 0 aliphatic carbocycles. The fourth-order valence-corrected chi connectivity index (χ4v) is 2.70. The van der Waals surface area contributed by atoms with E-state index in [1.807, 2.05) is 25.1 Å². The molecule has 2 heterocycles. The number of H-pyrrole nitrogens is 1. The molecule has 0 spiro atoms. The lowest BCUT2D eigenvalue weighted by molar-refractivity contribution is -0.131. The van der Waals surface area contributed by atoms with E-state index in [2.05, 4.69) is 15.3 Å². The summed E-state index contributed by atoms with van der Waals surface area (Å²) < 4.78 is 0. The van der Waals surface area contributed by atoms with Crippen molar-refractivity contribution in [3.63, 3.8) is 0 Å². The van der Waals surface area contributed by atoms with Gasteiger partial charge in [0.05, 0.1) is 23.6 Å². The Labute approximate surface area is 147 Å². The van der Waals surface area contributed by atoms with Gasteiger partial charge in [-0.25, -0.2) is 4.98 Å². The zero-order chi connectivity index (χ0) is 14.8. The van der Waals surface area contributed by atoms with E-state index in [4.69, 9.17) is 0 Å². The molecule has 128 valence electrons. The van der Waals surface area contributed by atoms with Gasteiger partial charge in [0.1, 0.15) is 5.82 Å². The Morgan fingerprint density at radius 1 is 1.43 bits per heavy atom. The second-order valence-electron chi connectivity index (χ2n) is 5.55. The first-order chi connectivity index (χ1) is 10.1. The molecule has 6 nitrogen and oxygen atoms in total. The van der Waals surface area contributed by atoms with Crippen LogP contribution in [-0.2, 0) is 11.2 Å². The minimum absolute atomic E-state index is 0. The number of hydrogen-bond donors (Lipinski definition) is 3. The molecule has 3 rings (SSSR count). The van der Waals surface area contributed by atoms with Crippen molar-refractivity contribution in [2.24, 2.45) is 0 Å². The van der Waals surface area contributed by atoms with Gasteiger partial charge in [-0.1, -0.05) is 6.07 Å². The van der Waals surface area contributed by atoms with Crippen molar-refractivity contribution in [2.45, 2.75) is 19.4 Å². The summed E-state index contributed by atoms with van der Waals surface area (Å²) in [6, 6.07) is 5.84. The van der Waals surface area contributed by atoms with Crippen molar-refractivity contribution in [3.05, 3.63) is 29.6 Å². The van der Waals surface area contributed by atoms with Gasteiger partial charge in [0, 0.05) is 26.2 Å². The van der Waals surface area contributed by atoms with Crippen LogP contribution in [0.15, 0.2) is 18.2 Å². The number of benzene rings is 1. The zero-order valence-electron chi connectivity index (χ0n) is 12.9. The lowest BCUT2D eigenvalue weighted by atomic mass is 10.1. The first-order valence-electron chi connectivity index (χ1n) is 7.23. The Morgan fingerprint density at radius 2 is 2.22 bits per heavy atom. The van der Waals surface area contributed by atoms with Crippen LogP contribution >= 0.6 is 24.8 Å². The van der Waals surface area contributed by atoms with Crippen LogP contribution in [0.5, 0.6) is 0 Å². The predicted molar refractivity (Wildman–Crippen MR) is 94.5 cm³/mol. The summed E-state index contributed by atoms with van der Waals surface area (Å²) in [7, 11) is 0. The molecule has 1 amide bonds. The lowest BCUT2D eigenvalue weighted by Gasteiger charge is -2.21. The van der Waals surface area contributed by atoms with Crippen LogP contribution in [-0.4, -0.2) is 58.2 Å². The summed E-state index contributed by atoms with van der Waals surface area (Å²) in [4.78, 5) is 21.6. The van der Waals surface area contributed by atoms with Crippen LogP contribution in [0.4, 0.5) is 0 Å². The Morgan fingerprint density at radius 3 is 3.00 bits per heavy atom. The molecule has 8 heteroatoms. The topological polar surface area (TPSA) is 81.2 Å². The third-order valence-corrected chi connectivity index (χ3v) is 3.74. The average molecular weight is 361 g/mol. The van der Waals surface area contributed by atoms with Gasteiger partial charge in [0.15, 0.2) is 0 Å². The zero-order valence-corrected chi connectivity index (χ0v) is 14.5. The molecule has 0 bridgehead atoms. The van der Waals surface area contributed by atoms with E-state index in [0.29, 0.717) is 26.1 Å². The van der Waals surface area contributed by atoms with Crippen LogP contribution < -0.4 is 5.32 Å². The van der Waals surface area contributed by atoms with Crippen LogP contribution in [0, 0.1) is 6.92 Å². The quantitative estimate of drug-likeness (QED) is 0.747. The van der Waals surface area contributed by atoms with Gasteiger partial charge in [-0.15, -0.1) is 24.8 Å². The van der Waals surface area contributed by atoms with Crippen molar-refractivity contribution < 1.29 is 9.90 Å². The number of aromatic amines is 1. The van der Waals surface area contributed by atoms with Gasteiger partial charge in [0.25, 0.3) is 0 Å². The highest BCUT2D eigenvalue weighted by atomic mass is 35.5. The Balaban J connectivity index is 0.00000132. The van der Waals surface area contributed by atoms with Crippen LogP contribution in [0.1, 0.15) is 11.4 Å². The van der Waals surface area contributed by atoms with Gasteiger partial charge >= 0.3 is 0 Å². The number of carbonyl (C=O) groups is 1. The first-order valence-corrected chi connectivity index (χ1v) is 7.23. The predicted octanol–water partition coefficient (Wildman–Crippen LogP) is 1.05. The standard InChI is InChI=1S/C15H20N4O2.2ClH/c1-10-17-13-3-2-11(6-14(13)18-10)7-15(21)19-5-4-16-8-12(20)9-19;;/h2-3,6,12,16,20H,4-5,7-9H2,1H3,(H,17,18);2*1H. The summed E-state index contributed by atoms with van der Waals surface area (Å²) in [5.74, 6) is 0.920. The number of hydrogen-bond acceptors (Lipinski definition) is 4. The van der Waals surface area contributed by atoms with Gasteiger partial charge in [-0.3, -0.25) is 4.79 Å². The van der Waals surface area contributed by atoms with E-state index in [1.165, 1.54) is 0 Å². The van der Waals surface area contributed by atoms with Gasteiger partial charge in [0.2, 0.25) is 5.91 Å². The van der Waals surface area contributed by atoms with Crippen molar-refractivity contribution in [3.8, 4) is 0 Å². The van der Waals surface area contributed by atoms with E-state index in [9.17, 15) is 9.90 Å². The average Bonchev–Trinajstić information content (AvgIpc) is 2.66. The summed E-state index contributed by atoms with van der Waals surface area (Å²) in [6.45, 7) is 4.22. The monoisotopic (exact) mass is 360 g/mol. The van der Waals surface area contributed by atoms with Crippen LogP contribution in [0.25, 0.3) is 11.0 Å². The van der Waals surface area contributed by atoms with Crippen LogP contribution in [0.3, 0.4) is 0 Å². The van der Waals surface area contributed by atoms with Gasteiger partial charge < -0.3 is 20.3 Å². The number of aromatic nitrogens is 2. The first kappa shape index (κ1) is 19.7. The van der Waals surface area contributed by atoms with Crippen molar-refractivity contribution in [1.29, 1.82) is 0 Å². The number of aliphatic hydroxyl groups is 1. The molecule has 2 aromatic rings.